The van der Waals surface area contributed by atoms with Crippen molar-refractivity contribution in [3.8, 4) is 0 Å². The Morgan fingerprint density at radius 3 is 1.40 bits per heavy atom. The first-order valence-electron chi connectivity index (χ1n) is 12.4. The van der Waals surface area contributed by atoms with E-state index >= 15 is 0 Å². The predicted octanol–water partition coefficient (Wildman–Crippen LogP) is 3.24. The molecule has 4 aromatic rings. The van der Waals surface area contributed by atoms with Gasteiger partial charge in [0.1, 0.15) is 0 Å². The fourth-order valence-electron chi connectivity index (χ4n) is 7.33. The summed E-state index contributed by atoms with van der Waals surface area (Å²) >= 11 is -2.50. The molecule has 0 N–H and O–H groups in total. The van der Waals surface area contributed by atoms with Gasteiger partial charge >= 0.3 is 202 Å². The summed E-state index contributed by atoms with van der Waals surface area (Å²) < 4.78 is 4.51. The number of benzene rings is 4. The summed E-state index contributed by atoms with van der Waals surface area (Å²) in [7, 11) is 0. The van der Waals surface area contributed by atoms with Crippen molar-refractivity contribution < 1.29 is 45.1 Å². The van der Waals surface area contributed by atoms with E-state index in [2.05, 4.69) is 101 Å². The fraction of sp³-hybridized carbons (Fsp3) is 0.250. The van der Waals surface area contributed by atoms with E-state index in [9.17, 15) is 0 Å². The third-order valence-corrected chi connectivity index (χ3v) is 22.2. The van der Waals surface area contributed by atoms with Crippen LogP contribution in [0.15, 0.2) is 71.8 Å². The Morgan fingerprint density at radius 2 is 1.00 bits per heavy atom. The molecule has 0 saturated carbocycles. The largest absolute Gasteiger partial charge is 1.00 e. The van der Waals surface area contributed by atoms with Gasteiger partial charge in [0.25, 0.3) is 0 Å². The van der Waals surface area contributed by atoms with Gasteiger partial charge in [0.05, 0.1) is 0 Å². The number of fused-ring (bicyclic) bond motifs is 6. The third kappa shape index (κ3) is 3.57. The van der Waals surface area contributed by atoms with Crippen LogP contribution in [0.4, 0.5) is 0 Å². The summed E-state index contributed by atoms with van der Waals surface area (Å²) in [5.74, 6) is 0. The average Bonchev–Trinajstić information content (AvgIpc) is 3.37. The molecule has 1 fully saturated rings. The van der Waals surface area contributed by atoms with Crippen LogP contribution in [0.1, 0.15) is 54.5 Å². The Bertz CT molecular complexity index is 1460. The van der Waals surface area contributed by atoms with E-state index in [0.29, 0.717) is 0 Å². The molecule has 0 radical (unpaired) electrons. The predicted molar refractivity (Wildman–Crippen MR) is 140 cm³/mol. The summed E-state index contributed by atoms with van der Waals surface area (Å²) in [4.78, 5) is 0. The zero-order valence-electron chi connectivity index (χ0n) is 20.8. The van der Waals surface area contributed by atoms with Crippen LogP contribution in [0.2, 0.25) is 8.26 Å². The molecule has 1 aliphatic heterocycles. The number of halogens is 2. The first-order chi connectivity index (χ1) is 16.0. The molecule has 2 atom stereocenters. The monoisotopic (exact) mass is 574 g/mol. The van der Waals surface area contributed by atoms with E-state index in [1.54, 1.807) is 22.3 Å². The maximum Gasteiger partial charge on any atom is -1.00 e. The van der Waals surface area contributed by atoms with Crippen molar-refractivity contribution in [2.75, 3.05) is 0 Å². The van der Waals surface area contributed by atoms with Crippen LogP contribution >= 0.6 is 0 Å². The summed E-state index contributed by atoms with van der Waals surface area (Å²) in [6.45, 7) is 9.26. The van der Waals surface area contributed by atoms with Gasteiger partial charge in [-0.2, -0.15) is 0 Å². The molecule has 3 heteroatoms. The van der Waals surface area contributed by atoms with Gasteiger partial charge in [-0.25, -0.2) is 0 Å². The molecular weight excluding hydrogens is 546 g/mol. The first kappa shape index (κ1) is 25.0. The van der Waals surface area contributed by atoms with Gasteiger partial charge in [-0.3, -0.25) is 0 Å². The molecule has 1 saturated heterocycles. The molecule has 7 rings (SSSR count). The molecule has 35 heavy (non-hydrogen) atoms. The van der Waals surface area contributed by atoms with E-state index in [1.807, 2.05) is 0 Å². The topological polar surface area (TPSA) is 0 Å². The Balaban J connectivity index is 0.00000127. The Kier molecular flexibility index (Phi) is 6.24. The zero-order valence-corrected chi connectivity index (χ0v) is 24.7. The quantitative estimate of drug-likeness (QED) is 0.344. The number of rotatable bonds is 2. The first-order valence-corrected chi connectivity index (χ1v) is 18.7. The minimum absolute atomic E-state index is 0. The van der Waals surface area contributed by atoms with E-state index < -0.39 is 20.3 Å². The Morgan fingerprint density at radius 1 is 0.571 bits per heavy atom. The van der Waals surface area contributed by atoms with E-state index in [1.165, 1.54) is 52.1 Å². The minimum Gasteiger partial charge on any atom is -1.00 e. The molecule has 0 aromatic heterocycles. The van der Waals surface area contributed by atoms with E-state index in [4.69, 9.17) is 0 Å². The molecule has 0 bridgehead atoms. The van der Waals surface area contributed by atoms with Crippen LogP contribution in [-0.2, 0) is 20.3 Å². The van der Waals surface area contributed by atoms with Gasteiger partial charge < -0.3 is 24.8 Å². The number of hydrogen-bond donors (Lipinski definition) is 0. The van der Waals surface area contributed by atoms with Crippen molar-refractivity contribution in [3.63, 3.8) is 0 Å². The molecule has 1 heterocycles. The summed E-state index contributed by atoms with van der Waals surface area (Å²) in [6, 6.07) is 23.7. The second-order valence-corrected chi connectivity index (χ2v) is 22.3. The molecule has 2 unspecified atom stereocenters. The smallest absolute Gasteiger partial charge is 1.00 e. The van der Waals surface area contributed by atoms with Crippen molar-refractivity contribution in [2.45, 2.75) is 43.2 Å². The van der Waals surface area contributed by atoms with Gasteiger partial charge in [-0.15, -0.1) is 0 Å². The van der Waals surface area contributed by atoms with Crippen LogP contribution in [0, 0.1) is 13.8 Å². The number of allylic oxidation sites excluding steroid dienone is 2. The second kappa shape index (κ2) is 8.73. The van der Waals surface area contributed by atoms with E-state index in [0.717, 1.165) is 7.25 Å². The fourth-order valence-corrected chi connectivity index (χ4v) is 25.0. The van der Waals surface area contributed by atoms with Crippen molar-refractivity contribution in [2.24, 2.45) is 0 Å². The van der Waals surface area contributed by atoms with Crippen molar-refractivity contribution >= 4 is 33.7 Å². The maximum absolute atomic E-state index is 2.55. The third-order valence-electron chi connectivity index (χ3n) is 8.76. The molecule has 0 amide bonds. The molecular formula is C32H30Cl2Zr. The van der Waals surface area contributed by atoms with Crippen LogP contribution < -0.4 is 24.8 Å². The van der Waals surface area contributed by atoms with Gasteiger partial charge in [-0.05, 0) is 0 Å². The summed E-state index contributed by atoms with van der Waals surface area (Å²) in [6.07, 6.45) is 5.10. The molecule has 4 aromatic carbocycles. The van der Waals surface area contributed by atoms with Crippen LogP contribution in [0.5, 0.6) is 0 Å². The molecule has 0 spiro atoms. The maximum atomic E-state index is 2.55. The summed E-state index contributed by atoms with van der Waals surface area (Å²) in [5, 5.41) is 5.68. The normalized spacial score (nSPS) is 20.1. The molecule has 3 aliphatic rings. The van der Waals surface area contributed by atoms with Crippen molar-refractivity contribution in [1.29, 1.82) is 0 Å². The van der Waals surface area contributed by atoms with Crippen LogP contribution in [0.25, 0.3) is 33.7 Å². The van der Waals surface area contributed by atoms with Gasteiger partial charge in [0.15, 0.2) is 0 Å². The second-order valence-electron chi connectivity index (χ2n) is 11.0. The SMILES string of the molecule is CC1=Cc2c(ccc3cc(C)ccc23)[CH]1[Zr+2]1([CH]2C(C)=Cc3c2ccc2cc(C)ccc32)[CH2][CH2]1.[Cl-].[Cl-]. The average molecular weight is 577 g/mol. The Labute approximate surface area is 225 Å². The van der Waals surface area contributed by atoms with Crippen LogP contribution in [-0.4, -0.2) is 0 Å². The van der Waals surface area contributed by atoms with Crippen molar-refractivity contribution in [1.82, 2.24) is 0 Å². The molecule has 2 aliphatic carbocycles. The summed E-state index contributed by atoms with van der Waals surface area (Å²) in [5.41, 5.74) is 12.3. The zero-order chi connectivity index (χ0) is 22.5. The molecule has 176 valence electrons. The van der Waals surface area contributed by atoms with Crippen LogP contribution in [0.3, 0.4) is 0 Å². The number of aryl methyl sites for hydroxylation is 2. The van der Waals surface area contributed by atoms with Crippen molar-refractivity contribution in [3.05, 3.63) is 105 Å². The Hall–Kier alpha value is -1.66. The minimum atomic E-state index is -2.50. The number of hydrogen-bond acceptors (Lipinski definition) is 0. The van der Waals surface area contributed by atoms with Gasteiger partial charge in [0.2, 0.25) is 0 Å². The van der Waals surface area contributed by atoms with Gasteiger partial charge in [0, 0.05) is 0 Å². The standard InChI is InChI=1S/2C15H13.C2H4.2ClH.Zr/c2*1-10-3-6-14-12(7-10)4-5-13-8-11(2)9-15(13)14;1-2;;;/h2*3-9H,1-2H3;1-2H2;2*1H;/q;;;;;+2/p-2. The van der Waals surface area contributed by atoms with E-state index in [-0.39, 0.29) is 24.8 Å². The van der Waals surface area contributed by atoms with Gasteiger partial charge in [-0.1, -0.05) is 0 Å². The molecule has 0 nitrogen and oxygen atoms in total.